The minimum absolute atomic E-state index is 0.0647. The van der Waals surface area contributed by atoms with Gasteiger partial charge in [0.2, 0.25) is 0 Å². The van der Waals surface area contributed by atoms with E-state index in [2.05, 4.69) is 11.2 Å². The van der Waals surface area contributed by atoms with E-state index in [-0.39, 0.29) is 6.04 Å². The number of rotatable bonds is 4. The molecule has 1 unspecified atom stereocenters. The fourth-order valence-electron chi connectivity index (χ4n) is 1.72. The van der Waals surface area contributed by atoms with Crippen LogP contribution < -0.4 is 4.74 Å². The van der Waals surface area contributed by atoms with Crippen molar-refractivity contribution in [3.8, 4) is 11.8 Å². The maximum atomic E-state index is 8.90. The second-order valence-electron chi connectivity index (χ2n) is 3.65. The van der Waals surface area contributed by atoms with Crippen LogP contribution in [0.15, 0.2) is 42.7 Å². The maximum absolute atomic E-state index is 8.90. The van der Waals surface area contributed by atoms with Gasteiger partial charge in [0.25, 0.3) is 0 Å². The van der Waals surface area contributed by atoms with Gasteiger partial charge in [0.05, 0.1) is 38.0 Å². The van der Waals surface area contributed by atoms with E-state index < -0.39 is 0 Å². The van der Waals surface area contributed by atoms with Crippen LogP contribution in [-0.2, 0) is 0 Å². The highest BCUT2D eigenvalue weighted by molar-refractivity contribution is 5.22. The molecule has 1 aromatic heterocycles. The molecule has 0 saturated carbocycles. The zero-order valence-electron chi connectivity index (χ0n) is 9.58. The molecule has 4 heteroatoms. The quantitative estimate of drug-likeness (QED) is 0.805. The van der Waals surface area contributed by atoms with Crippen molar-refractivity contribution in [3.05, 3.63) is 48.3 Å². The van der Waals surface area contributed by atoms with Crippen LogP contribution in [0.2, 0.25) is 0 Å². The Morgan fingerprint density at radius 2 is 2.18 bits per heavy atom. The lowest BCUT2D eigenvalue weighted by molar-refractivity contribution is 0.412. The van der Waals surface area contributed by atoms with Crippen LogP contribution in [0.4, 0.5) is 0 Å². The van der Waals surface area contributed by atoms with Crippen molar-refractivity contribution in [1.82, 2.24) is 9.78 Å². The van der Waals surface area contributed by atoms with E-state index in [1.54, 1.807) is 24.2 Å². The van der Waals surface area contributed by atoms with E-state index in [9.17, 15) is 0 Å². The first-order chi connectivity index (χ1) is 8.35. The number of ether oxygens (including phenoxy) is 1. The summed E-state index contributed by atoms with van der Waals surface area (Å²) in [6, 6.07) is 12.0. The third kappa shape index (κ3) is 2.45. The summed E-state index contributed by atoms with van der Waals surface area (Å²) >= 11 is 0. The Labute approximate surface area is 100 Å². The molecule has 0 amide bonds. The van der Waals surface area contributed by atoms with Gasteiger partial charge in [-0.25, -0.2) is 0 Å². The molecule has 86 valence electrons. The molecular formula is C13H13N3O. The summed E-state index contributed by atoms with van der Waals surface area (Å²) in [4.78, 5) is 0. The van der Waals surface area contributed by atoms with Crippen LogP contribution in [0.5, 0.6) is 5.75 Å². The molecule has 1 aromatic carbocycles. The van der Waals surface area contributed by atoms with Crippen LogP contribution in [0.1, 0.15) is 18.0 Å². The first kappa shape index (κ1) is 11.2. The summed E-state index contributed by atoms with van der Waals surface area (Å²) in [6.45, 7) is 0. The van der Waals surface area contributed by atoms with Gasteiger partial charge < -0.3 is 4.74 Å². The number of nitriles is 1. The lowest BCUT2D eigenvalue weighted by Crippen LogP contribution is -2.10. The number of hydrogen-bond acceptors (Lipinski definition) is 3. The third-order valence-corrected chi connectivity index (χ3v) is 2.60. The van der Waals surface area contributed by atoms with Crippen LogP contribution in [-0.4, -0.2) is 16.9 Å². The summed E-state index contributed by atoms with van der Waals surface area (Å²) in [6.07, 6.45) is 3.83. The fourth-order valence-corrected chi connectivity index (χ4v) is 1.72. The minimum atomic E-state index is -0.0647. The van der Waals surface area contributed by atoms with Gasteiger partial charge >= 0.3 is 0 Å². The smallest absolute Gasteiger partial charge is 0.156 e. The molecule has 0 aliphatic heterocycles. The molecule has 0 aliphatic carbocycles. The Bertz CT molecular complexity index is 513. The minimum Gasteiger partial charge on any atom is -0.493 e. The number of aromatic nitrogens is 2. The first-order valence-corrected chi connectivity index (χ1v) is 5.35. The Morgan fingerprint density at radius 3 is 2.76 bits per heavy atom. The molecular weight excluding hydrogens is 214 g/mol. The molecule has 0 aliphatic rings. The van der Waals surface area contributed by atoms with Gasteiger partial charge in [-0.1, -0.05) is 30.3 Å². The van der Waals surface area contributed by atoms with E-state index in [0.717, 1.165) is 5.56 Å². The summed E-state index contributed by atoms with van der Waals surface area (Å²) in [5, 5.41) is 13.1. The molecule has 0 bridgehead atoms. The van der Waals surface area contributed by atoms with Gasteiger partial charge in [-0.15, -0.1) is 0 Å². The number of hydrogen-bond donors (Lipinski definition) is 0. The zero-order valence-corrected chi connectivity index (χ0v) is 9.58. The highest BCUT2D eigenvalue weighted by Crippen LogP contribution is 2.22. The van der Waals surface area contributed by atoms with E-state index in [1.165, 1.54) is 0 Å². The standard InChI is InChI=1S/C13H13N3O/c1-17-12-9-15-16(10-12)13(7-8-14)11-5-3-2-4-6-11/h2-6,9-10,13H,7H2,1H3. The van der Waals surface area contributed by atoms with E-state index in [0.29, 0.717) is 12.2 Å². The SMILES string of the molecule is COc1cnn(C(CC#N)c2ccccc2)c1. The first-order valence-electron chi connectivity index (χ1n) is 5.35. The predicted molar refractivity (Wildman–Crippen MR) is 63.6 cm³/mol. The second kappa shape index (κ2) is 5.17. The Hall–Kier alpha value is -2.28. The summed E-state index contributed by atoms with van der Waals surface area (Å²) in [5.74, 6) is 0.698. The summed E-state index contributed by atoms with van der Waals surface area (Å²) in [5.41, 5.74) is 1.07. The molecule has 0 fully saturated rings. The van der Waals surface area contributed by atoms with Crippen molar-refractivity contribution in [2.24, 2.45) is 0 Å². The van der Waals surface area contributed by atoms with Gasteiger partial charge in [0.15, 0.2) is 5.75 Å². The average Bonchev–Trinajstić information content (AvgIpc) is 2.85. The number of nitrogens with zero attached hydrogens (tertiary/aromatic N) is 3. The second-order valence-corrected chi connectivity index (χ2v) is 3.65. The highest BCUT2D eigenvalue weighted by Gasteiger charge is 2.14. The van der Waals surface area contributed by atoms with Crippen molar-refractivity contribution in [3.63, 3.8) is 0 Å². The average molecular weight is 227 g/mol. The molecule has 1 heterocycles. The molecule has 0 saturated heterocycles. The van der Waals surface area contributed by atoms with Crippen LogP contribution in [0.3, 0.4) is 0 Å². The number of methoxy groups -OCH3 is 1. The maximum Gasteiger partial charge on any atom is 0.156 e. The van der Waals surface area contributed by atoms with Crippen molar-refractivity contribution in [2.45, 2.75) is 12.5 Å². The van der Waals surface area contributed by atoms with Crippen molar-refractivity contribution < 1.29 is 4.74 Å². The molecule has 0 radical (unpaired) electrons. The molecule has 0 N–H and O–H groups in total. The Balaban J connectivity index is 2.33. The van der Waals surface area contributed by atoms with Crippen LogP contribution >= 0.6 is 0 Å². The monoisotopic (exact) mass is 227 g/mol. The molecule has 2 aromatic rings. The zero-order chi connectivity index (χ0) is 12.1. The van der Waals surface area contributed by atoms with Gasteiger partial charge in [-0.3, -0.25) is 4.68 Å². The van der Waals surface area contributed by atoms with Gasteiger partial charge in [0.1, 0.15) is 0 Å². The molecule has 17 heavy (non-hydrogen) atoms. The largest absolute Gasteiger partial charge is 0.493 e. The lowest BCUT2D eigenvalue weighted by Gasteiger charge is -2.14. The number of benzene rings is 1. The normalized spacial score (nSPS) is 11.8. The topological polar surface area (TPSA) is 50.8 Å². The summed E-state index contributed by atoms with van der Waals surface area (Å²) < 4.78 is 6.85. The van der Waals surface area contributed by atoms with Gasteiger partial charge in [-0.05, 0) is 5.56 Å². The fraction of sp³-hybridized carbons (Fsp3) is 0.231. The van der Waals surface area contributed by atoms with Gasteiger partial charge in [0, 0.05) is 0 Å². The molecule has 2 rings (SSSR count). The molecule has 0 spiro atoms. The Kier molecular flexibility index (Phi) is 3.41. The van der Waals surface area contributed by atoms with E-state index >= 15 is 0 Å². The van der Waals surface area contributed by atoms with E-state index in [1.807, 2.05) is 30.3 Å². The van der Waals surface area contributed by atoms with Gasteiger partial charge in [-0.2, -0.15) is 10.4 Å². The Morgan fingerprint density at radius 1 is 1.41 bits per heavy atom. The third-order valence-electron chi connectivity index (χ3n) is 2.60. The van der Waals surface area contributed by atoms with Crippen LogP contribution in [0, 0.1) is 11.3 Å². The van der Waals surface area contributed by atoms with Crippen LogP contribution in [0.25, 0.3) is 0 Å². The summed E-state index contributed by atoms with van der Waals surface area (Å²) in [7, 11) is 1.60. The lowest BCUT2D eigenvalue weighted by atomic mass is 10.1. The van der Waals surface area contributed by atoms with Crippen molar-refractivity contribution >= 4 is 0 Å². The predicted octanol–water partition coefficient (Wildman–Crippen LogP) is 2.39. The molecule has 4 nitrogen and oxygen atoms in total. The highest BCUT2D eigenvalue weighted by atomic mass is 16.5. The molecule has 1 atom stereocenters. The van der Waals surface area contributed by atoms with Crippen molar-refractivity contribution in [2.75, 3.05) is 7.11 Å². The van der Waals surface area contributed by atoms with Crippen molar-refractivity contribution in [1.29, 1.82) is 5.26 Å². The van der Waals surface area contributed by atoms with E-state index in [4.69, 9.17) is 10.00 Å².